The SMILES string of the molecule is CCC(C)n1ccc(CC(O)c2cc(C)ccc2F)n1. The summed E-state index contributed by atoms with van der Waals surface area (Å²) >= 11 is 0. The van der Waals surface area contributed by atoms with Gasteiger partial charge in [0.25, 0.3) is 0 Å². The summed E-state index contributed by atoms with van der Waals surface area (Å²) in [4.78, 5) is 0. The van der Waals surface area contributed by atoms with Crippen molar-refractivity contribution in [3.8, 4) is 0 Å². The average molecular weight is 276 g/mol. The zero-order valence-electron chi connectivity index (χ0n) is 12.2. The van der Waals surface area contributed by atoms with Crippen LogP contribution in [0.2, 0.25) is 0 Å². The normalized spacial score (nSPS) is 14.2. The smallest absolute Gasteiger partial charge is 0.129 e. The number of nitrogens with zero attached hydrogens (tertiary/aromatic N) is 2. The molecule has 0 radical (unpaired) electrons. The molecule has 0 saturated heterocycles. The molecule has 1 aromatic carbocycles. The minimum absolute atomic E-state index is 0.323. The van der Waals surface area contributed by atoms with Gasteiger partial charge in [-0.3, -0.25) is 4.68 Å². The van der Waals surface area contributed by atoms with Crippen LogP contribution >= 0.6 is 0 Å². The number of aryl methyl sites for hydroxylation is 1. The van der Waals surface area contributed by atoms with Crippen LogP contribution < -0.4 is 0 Å². The molecule has 2 aromatic rings. The summed E-state index contributed by atoms with van der Waals surface area (Å²) < 4.78 is 15.6. The summed E-state index contributed by atoms with van der Waals surface area (Å²) in [6.45, 7) is 6.07. The maximum atomic E-state index is 13.7. The van der Waals surface area contributed by atoms with Gasteiger partial charge >= 0.3 is 0 Å². The molecule has 4 heteroatoms. The van der Waals surface area contributed by atoms with Crippen molar-refractivity contribution in [1.82, 2.24) is 9.78 Å². The summed E-state index contributed by atoms with van der Waals surface area (Å²) in [6.07, 6.45) is 2.36. The molecule has 1 aromatic heterocycles. The fraction of sp³-hybridized carbons (Fsp3) is 0.438. The van der Waals surface area contributed by atoms with Crippen LogP contribution in [0.3, 0.4) is 0 Å². The van der Waals surface area contributed by atoms with Crippen LogP contribution in [-0.2, 0) is 6.42 Å². The van der Waals surface area contributed by atoms with Gasteiger partial charge < -0.3 is 5.11 Å². The van der Waals surface area contributed by atoms with Crippen LogP contribution in [0.15, 0.2) is 30.5 Å². The second kappa shape index (κ2) is 6.18. The summed E-state index contributed by atoms with van der Waals surface area (Å²) in [5, 5.41) is 14.6. The van der Waals surface area contributed by atoms with Crippen molar-refractivity contribution in [1.29, 1.82) is 0 Å². The molecule has 2 rings (SSSR count). The lowest BCUT2D eigenvalue weighted by Crippen LogP contribution is -2.08. The highest BCUT2D eigenvalue weighted by Crippen LogP contribution is 2.22. The van der Waals surface area contributed by atoms with E-state index in [1.54, 1.807) is 12.1 Å². The molecular formula is C16H21FN2O. The average Bonchev–Trinajstić information content (AvgIpc) is 2.89. The second-order valence-corrected chi connectivity index (χ2v) is 5.29. The molecule has 0 bridgehead atoms. The van der Waals surface area contributed by atoms with Gasteiger partial charge in [-0.2, -0.15) is 5.10 Å². The van der Waals surface area contributed by atoms with E-state index in [4.69, 9.17) is 0 Å². The maximum absolute atomic E-state index is 13.7. The first-order chi connectivity index (χ1) is 9.51. The van der Waals surface area contributed by atoms with Gasteiger partial charge in [0.15, 0.2) is 0 Å². The van der Waals surface area contributed by atoms with Gasteiger partial charge in [0.2, 0.25) is 0 Å². The Morgan fingerprint density at radius 3 is 2.80 bits per heavy atom. The monoisotopic (exact) mass is 276 g/mol. The van der Waals surface area contributed by atoms with E-state index >= 15 is 0 Å². The molecule has 0 saturated carbocycles. The minimum atomic E-state index is -0.866. The number of rotatable bonds is 5. The highest BCUT2D eigenvalue weighted by atomic mass is 19.1. The largest absolute Gasteiger partial charge is 0.388 e. The van der Waals surface area contributed by atoms with E-state index in [1.807, 2.05) is 23.9 Å². The van der Waals surface area contributed by atoms with E-state index in [-0.39, 0.29) is 5.82 Å². The lowest BCUT2D eigenvalue weighted by Gasteiger charge is -2.12. The highest BCUT2D eigenvalue weighted by Gasteiger charge is 2.15. The molecule has 0 aliphatic heterocycles. The quantitative estimate of drug-likeness (QED) is 0.906. The molecule has 3 nitrogen and oxygen atoms in total. The number of aromatic nitrogens is 2. The van der Waals surface area contributed by atoms with Crippen molar-refractivity contribution in [2.75, 3.05) is 0 Å². The standard InChI is InChI=1S/C16H21FN2O/c1-4-12(3)19-8-7-13(18-19)10-16(20)14-9-11(2)5-6-15(14)17/h5-9,12,16,20H,4,10H2,1-3H3. The van der Waals surface area contributed by atoms with Gasteiger partial charge in [-0.1, -0.05) is 24.6 Å². The predicted octanol–water partition coefficient (Wildman–Crippen LogP) is 3.58. The molecule has 0 aliphatic carbocycles. The summed E-state index contributed by atoms with van der Waals surface area (Å²) in [5.41, 5.74) is 2.05. The number of aliphatic hydroxyl groups excluding tert-OH is 1. The van der Waals surface area contributed by atoms with Gasteiger partial charge in [-0.05, 0) is 32.4 Å². The van der Waals surface area contributed by atoms with Crippen LogP contribution in [-0.4, -0.2) is 14.9 Å². The number of hydrogen-bond acceptors (Lipinski definition) is 2. The van der Waals surface area contributed by atoms with Gasteiger partial charge in [0, 0.05) is 24.2 Å². The molecule has 1 heterocycles. The molecule has 2 unspecified atom stereocenters. The van der Waals surface area contributed by atoms with Crippen molar-refractivity contribution >= 4 is 0 Å². The first-order valence-corrected chi connectivity index (χ1v) is 6.99. The van der Waals surface area contributed by atoms with E-state index in [2.05, 4.69) is 18.9 Å². The van der Waals surface area contributed by atoms with E-state index in [9.17, 15) is 9.50 Å². The van der Waals surface area contributed by atoms with Crippen LogP contribution in [0.25, 0.3) is 0 Å². The zero-order chi connectivity index (χ0) is 14.7. The van der Waals surface area contributed by atoms with Crippen molar-refractivity contribution in [3.05, 3.63) is 53.1 Å². The minimum Gasteiger partial charge on any atom is -0.388 e. The maximum Gasteiger partial charge on any atom is 0.129 e. The third-order valence-corrected chi connectivity index (χ3v) is 3.62. The number of halogens is 1. The molecular weight excluding hydrogens is 255 g/mol. The molecule has 20 heavy (non-hydrogen) atoms. The third kappa shape index (κ3) is 3.25. The molecule has 108 valence electrons. The van der Waals surface area contributed by atoms with Crippen LogP contribution in [0.4, 0.5) is 4.39 Å². The fourth-order valence-electron chi connectivity index (χ4n) is 2.15. The van der Waals surface area contributed by atoms with Gasteiger partial charge in [0.05, 0.1) is 11.8 Å². The van der Waals surface area contributed by atoms with Gasteiger partial charge in [-0.15, -0.1) is 0 Å². The van der Waals surface area contributed by atoms with Crippen molar-refractivity contribution < 1.29 is 9.50 Å². The van der Waals surface area contributed by atoms with E-state index in [0.29, 0.717) is 18.0 Å². The summed E-state index contributed by atoms with van der Waals surface area (Å²) in [6, 6.07) is 6.99. The Morgan fingerprint density at radius 2 is 2.10 bits per heavy atom. The van der Waals surface area contributed by atoms with Crippen LogP contribution in [0.5, 0.6) is 0 Å². The first kappa shape index (κ1) is 14.7. The number of hydrogen-bond donors (Lipinski definition) is 1. The second-order valence-electron chi connectivity index (χ2n) is 5.29. The number of benzene rings is 1. The summed E-state index contributed by atoms with van der Waals surface area (Å²) in [7, 11) is 0. The van der Waals surface area contributed by atoms with E-state index < -0.39 is 6.10 Å². The third-order valence-electron chi connectivity index (χ3n) is 3.62. The lowest BCUT2D eigenvalue weighted by molar-refractivity contribution is 0.172. The van der Waals surface area contributed by atoms with Crippen molar-refractivity contribution in [2.24, 2.45) is 0 Å². The fourth-order valence-corrected chi connectivity index (χ4v) is 2.15. The van der Waals surface area contributed by atoms with Crippen molar-refractivity contribution in [3.63, 3.8) is 0 Å². The van der Waals surface area contributed by atoms with Crippen LogP contribution in [0, 0.1) is 12.7 Å². The molecule has 0 spiro atoms. The summed E-state index contributed by atoms with van der Waals surface area (Å²) in [5.74, 6) is -0.371. The van der Waals surface area contributed by atoms with Gasteiger partial charge in [-0.25, -0.2) is 4.39 Å². The molecule has 0 aliphatic rings. The predicted molar refractivity (Wildman–Crippen MR) is 77.0 cm³/mol. The molecule has 2 atom stereocenters. The Kier molecular flexibility index (Phi) is 4.55. The Hall–Kier alpha value is -1.68. The first-order valence-electron chi connectivity index (χ1n) is 6.99. The highest BCUT2D eigenvalue weighted by molar-refractivity contribution is 5.26. The van der Waals surface area contributed by atoms with E-state index in [1.165, 1.54) is 6.07 Å². The number of aliphatic hydroxyl groups is 1. The Balaban J connectivity index is 2.13. The van der Waals surface area contributed by atoms with Gasteiger partial charge in [0.1, 0.15) is 5.82 Å². The molecule has 0 amide bonds. The topological polar surface area (TPSA) is 38.0 Å². The Labute approximate surface area is 119 Å². The lowest BCUT2D eigenvalue weighted by atomic mass is 10.0. The van der Waals surface area contributed by atoms with Crippen LogP contribution in [0.1, 0.15) is 49.2 Å². The Morgan fingerprint density at radius 1 is 1.35 bits per heavy atom. The molecule has 1 N–H and O–H groups in total. The zero-order valence-corrected chi connectivity index (χ0v) is 12.2. The van der Waals surface area contributed by atoms with E-state index in [0.717, 1.165) is 17.7 Å². The molecule has 0 fully saturated rings. The van der Waals surface area contributed by atoms with Crippen molar-refractivity contribution in [2.45, 2.75) is 45.8 Å². The Bertz CT molecular complexity index is 580.